The molecule has 0 aliphatic carbocycles. The summed E-state index contributed by atoms with van der Waals surface area (Å²) in [5.74, 6) is -1.18. The summed E-state index contributed by atoms with van der Waals surface area (Å²) in [6.45, 7) is 1.74. The molecule has 7 nitrogen and oxygen atoms in total. The molecule has 0 aromatic heterocycles. The zero-order valence-corrected chi connectivity index (χ0v) is 11.7. The molecule has 2 amide bonds. The second-order valence-corrected chi connectivity index (χ2v) is 4.67. The first-order chi connectivity index (χ1) is 9.47. The van der Waals surface area contributed by atoms with E-state index in [2.05, 4.69) is 15.4 Å². The van der Waals surface area contributed by atoms with Gasteiger partial charge in [-0.2, -0.15) is 0 Å². The van der Waals surface area contributed by atoms with E-state index in [4.69, 9.17) is 0 Å². The van der Waals surface area contributed by atoms with Crippen molar-refractivity contribution in [2.24, 2.45) is 0 Å². The molecule has 2 N–H and O–H groups in total. The molecule has 0 spiro atoms. The number of rotatable bonds is 7. The normalized spacial score (nSPS) is 19.1. The Morgan fingerprint density at radius 1 is 1.45 bits per heavy atom. The molecule has 1 heterocycles. The van der Waals surface area contributed by atoms with E-state index in [-0.39, 0.29) is 24.5 Å². The molecule has 1 rings (SSSR count). The van der Waals surface area contributed by atoms with Crippen molar-refractivity contribution in [1.29, 1.82) is 0 Å². The van der Waals surface area contributed by atoms with E-state index in [0.717, 1.165) is 0 Å². The van der Waals surface area contributed by atoms with Crippen LogP contribution in [0.3, 0.4) is 0 Å². The maximum atomic E-state index is 11.9. The fourth-order valence-corrected chi connectivity index (χ4v) is 1.96. The molecule has 0 radical (unpaired) electrons. The maximum absolute atomic E-state index is 11.9. The summed E-state index contributed by atoms with van der Waals surface area (Å²) in [6, 6.07) is -1.47. The third kappa shape index (κ3) is 4.64. The number of amides is 2. The van der Waals surface area contributed by atoms with Gasteiger partial charge in [0.15, 0.2) is 0 Å². The number of esters is 1. The van der Waals surface area contributed by atoms with Gasteiger partial charge in [0.2, 0.25) is 11.8 Å². The van der Waals surface area contributed by atoms with Gasteiger partial charge < -0.3 is 15.4 Å². The minimum absolute atomic E-state index is 0.0160. The van der Waals surface area contributed by atoms with Gasteiger partial charge in [0.1, 0.15) is 17.9 Å². The largest absolute Gasteiger partial charge is 0.467 e. The van der Waals surface area contributed by atoms with Gasteiger partial charge >= 0.3 is 5.97 Å². The highest BCUT2D eigenvalue weighted by Gasteiger charge is 2.30. The summed E-state index contributed by atoms with van der Waals surface area (Å²) in [6.07, 6.45) is 1.50. The summed E-state index contributed by atoms with van der Waals surface area (Å²) in [4.78, 5) is 45.9. The van der Waals surface area contributed by atoms with Crippen LogP contribution in [-0.2, 0) is 23.9 Å². The van der Waals surface area contributed by atoms with E-state index >= 15 is 0 Å². The first-order valence-electron chi connectivity index (χ1n) is 6.67. The molecule has 1 aliphatic rings. The van der Waals surface area contributed by atoms with Crippen molar-refractivity contribution in [2.45, 2.75) is 51.1 Å². The Balaban J connectivity index is 2.55. The molecular formula is C13H20N2O5. The Hall–Kier alpha value is -1.92. The lowest BCUT2D eigenvalue weighted by atomic mass is 10.1. The Bertz CT molecular complexity index is 408. The van der Waals surface area contributed by atoms with Gasteiger partial charge in [-0.25, -0.2) is 4.79 Å². The Morgan fingerprint density at radius 3 is 2.65 bits per heavy atom. The summed E-state index contributed by atoms with van der Waals surface area (Å²) < 4.78 is 4.61. The Morgan fingerprint density at radius 2 is 2.15 bits per heavy atom. The van der Waals surface area contributed by atoms with Crippen LogP contribution in [0.5, 0.6) is 0 Å². The number of carbonyl (C=O) groups is 4. The van der Waals surface area contributed by atoms with Crippen molar-refractivity contribution in [3.63, 3.8) is 0 Å². The van der Waals surface area contributed by atoms with Crippen LogP contribution in [0.25, 0.3) is 0 Å². The number of Topliss-reactive ketones (excluding diaryl/α,β-unsaturated/α-hetero) is 1. The average molecular weight is 284 g/mol. The van der Waals surface area contributed by atoms with Crippen LogP contribution in [-0.4, -0.2) is 42.8 Å². The monoisotopic (exact) mass is 284 g/mol. The van der Waals surface area contributed by atoms with E-state index in [1.165, 1.54) is 7.11 Å². The molecule has 1 aliphatic heterocycles. The lowest BCUT2D eigenvalue weighted by Gasteiger charge is -2.18. The van der Waals surface area contributed by atoms with Crippen molar-refractivity contribution in [3.05, 3.63) is 0 Å². The van der Waals surface area contributed by atoms with Gasteiger partial charge in [-0.05, 0) is 12.8 Å². The molecule has 0 saturated carbocycles. The summed E-state index contributed by atoms with van der Waals surface area (Å²) in [5, 5.41) is 5.05. The van der Waals surface area contributed by atoms with Gasteiger partial charge in [0.25, 0.3) is 0 Å². The number of ketones is 1. The fraction of sp³-hybridized carbons (Fsp3) is 0.692. The van der Waals surface area contributed by atoms with E-state index in [9.17, 15) is 19.2 Å². The minimum atomic E-state index is -0.861. The van der Waals surface area contributed by atoms with Crippen molar-refractivity contribution >= 4 is 23.6 Å². The highest BCUT2D eigenvalue weighted by Crippen LogP contribution is 2.08. The molecule has 1 saturated heterocycles. The lowest BCUT2D eigenvalue weighted by Crippen LogP contribution is -2.49. The van der Waals surface area contributed by atoms with Crippen molar-refractivity contribution in [2.75, 3.05) is 7.11 Å². The molecule has 7 heteroatoms. The first kappa shape index (κ1) is 16.1. The van der Waals surface area contributed by atoms with E-state index in [1.54, 1.807) is 6.92 Å². The standard InChI is InChI=1S/C13H20N2O5/c1-3-8(16)4-5-10(13(19)20-2)15-12(18)9-6-7-11(17)14-9/h9-10H,3-7H2,1-2H3,(H,14,17)(H,15,18)/t9-,10+/m1/s1. The average Bonchev–Trinajstić information content (AvgIpc) is 2.88. The lowest BCUT2D eigenvalue weighted by molar-refractivity contribution is -0.145. The Labute approximate surface area is 117 Å². The van der Waals surface area contributed by atoms with Crippen LogP contribution in [0.1, 0.15) is 39.0 Å². The number of nitrogens with one attached hydrogen (secondary N) is 2. The number of methoxy groups -OCH3 is 1. The van der Waals surface area contributed by atoms with Crippen molar-refractivity contribution in [3.8, 4) is 0 Å². The van der Waals surface area contributed by atoms with Crippen LogP contribution < -0.4 is 10.6 Å². The Kier molecular flexibility index (Phi) is 6.14. The predicted octanol–water partition coefficient (Wildman–Crippen LogP) is -0.318. The van der Waals surface area contributed by atoms with Gasteiger partial charge in [0.05, 0.1) is 7.11 Å². The highest BCUT2D eigenvalue weighted by atomic mass is 16.5. The van der Waals surface area contributed by atoms with Gasteiger partial charge in [0, 0.05) is 19.3 Å². The molecule has 0 bridgehead atoms. The van der Waals surface area contributed by atoms with E-state index in [1.807, 2.05) is 0 Å². The summed E-state index contributed by atoms with van der Waals surface area (Å²) >= 11 is 0. The molecule has 0 aromatic carbocycles. The number of hydrogen-bond acceptors (Lipinski definition) is 5. The number of carbonyl (C=O) groups excluding carboxylic acids is 4. The molecule has 1 fully saturated rings. The second-order valence-electron chi connectivity index (χ2n) is 4.67. The zero-order valence-electron chi connectivity index (χ0n) is 11.7. The molecular weight excluding hydrogens is 264 g/mol. The highest BCUT2D eigenvalue weighted by molar-refractivity contribution is 5.93. The molecule has 0 unspecified atom stereocenters. The minimum Gasteiger partial charge on any atom is -0.467 e. The molecule has 20 heavy (non-hydrogen) atoms. The third-order valence-corrected chi connectivity index (χ3v) is 3.22. The summed E-state index contributed by atoms with van der Waals surface area (Å²) in [7, 11) is 1.22. The second kappa shape index (κ2) is 7.62. The van der Waals surface area contributed by atoms with Gasteiger partial charge in [-0.15, -0.1) is 0 Å². The van der Waals surface area contributed by atoms with Crippen LogP contribution in [0.15, 0.2) is 0 Å². The van der Waals surface area contributed by atoms with E-state index in [0.29, 0.717) is 19.3 Å². The molecule has 0 aromatic rings. The van der Waals surface area contributed by atoms with Gasteiger partial charge in [-0.3, -0.25) is 14.4 Å². The predicted molar refractivity (Wildman–Crippen MR) is 69.6 cm³/mol. The van der Waals surface area contributed by atoms with Crippen LogP contribution in [0.4, 0.5) is 0 Å². The van der Waals surface area contributed by atoms with Crippen LogP contribution in [0, 0.1) is 0 Å². The molecule has 2 atom stereocenters. The van der Waals surface area contributed by atoms with E-state index < -0.39 is 24.0 Å². The SMILES string of the molecule is CCC(=O)CC[C@H](NC(=O)[C@H]1CCC(=O)N1)C(=O)OC. The number of hydrogen-bond donors (Lipinski definition) is 2. The summed E-state index contributed by atoms with van der Waals surface area (Å²) in [5.41, 5.74) is 0. The van der Waals surface area contributed by atoms with Gasteiger partial charge in [-0.1, -0.05) is 6.92 Å². The third-order valence-electron chi connectivity index (χ3n) is 3.22. The van der Waals surface area contributed by atoms with Crippen LogP contribution in [0.2, 0.25) is 0 Å². The first-order valence-corrected chi connectivity index (χ1v) is 6.67. The fourth-order valence-electron chi connectivity index (χ4n) is 1.96. The van der Waals surface area contributed by atoms with Crippen molar-refractivity contribution in [1.82, 2.24) is 10.6 Å². The zero-order chi connectivity index (χ0) is 15.1. The van der Waals surface area contributed by atoms with Crippen LogP contribution >= 0.6 is 0 Å². The molecule has 112 valence electrons. The number of ether oxygens (including phenoxy) is 1. The quantitative estimate of drug-likeness (QED) is 0.624. The topological polar surface area (TPSA) is 102 Å². The van der Waals surface area contributed by atoms with Crippen molar-refractivity contribution < 1.29 is 23.9 Å². The maximum Gasteiger partial charge on any atom is 0.328 e. The smallest absolute Gasteiger partial charge is 0.328 e.